The number of carbonyl (C=O) groups is 2. The van der Waals surface area contributed by atoms with E-state index in [2.05, 4.69) is 13.8 Å². The summed E-state index contributed by atoms with van der Waals surface area (Å²) in [7, 11) is 1.47. The molecular formula is C17H34NO5+. The maximum Gasteiger partial charge on any atom is 0.311 e. The van der Waals surface area contributed by atoms with Crippen LogP contribution in [0.3, 0.4) is 0 Å². The molecule has 136 valence electrons. The Bertz CT molecular complexity index is 353. The lowest BCUT2D eigenvalue weighted by Gasteiger charge is -2.26. The summed E-state index contributed by atoms with van der Waals surface area (Å²) in [4.78, 5) is 25.7. The van der Waals surface area contributed by atoms with Gasteiger partial charge >= 0.3 is 11.9 Å². The van der Waals surface area contributed by atoms with Crippen LogP contribution in [0.4, 0.5) is 0 Å². The Morgan fingerprint density at radius 2 is 1.70 bits per heavy atom. The number of hydrogen-bond acceptors (Lipinski definition) is 5. The summed E-state index contributed by atoms with van der Waals surface area (Å²) in [5.74, 6) is -0.925. The largest absolute Gasteiger partial charge is 0.459 e. The van der Waals surface area contributed by atoms with Gasteiger partial charge in [-0.05, 0) is 40.5 Å². The maximum absolute atomic E-state index is 12.3. The highest BCUT2D eigenvalue weighted by atomic mass is 16.7. The van der Waals surface area contributed by atoms with E-state index < -0.39 is 5.41 Å². The lowest BCUT2D eigenvalue weighted by atomic mass is 9.81. The van der Waals surface area contributed by atoms with Crippen molar-refractivity contribution in [2.45, 2.75) is 47.5 Å². The number of ether oxygens (including phenoxy) is 3. The first-order valence-corrected chi connectivity index (χ1v) is 8.48. The minimum Gasteiger partial charge on any atom is -0.459 e. The molecule has 0 amide bonds. The third kappa shape index (κ3) is 8.32. The van der Waals surface area contributed by atoms with Gasteiger partial charge in [0.15, 0.2) is 6.79 Å². The fourth-order valence-electron chi connectivity index (χ4n) is 2.42. The molecule has 0 saturated heterocycles. The van der Waals surface area contributed by atoms with Crippen LogP contribution in [0, 0.1) is 11.3 Å². The predicted octanol–water partition coefficient (Wildman–Crippen LogP) is 1.04. The SMILES string of the molecule is CCC(CC(C)(C)C(=O)OCC[NH+](CC)CC)C(=O)OCOC. The molecule has 0 rings (SSSR count). The summed E-state index contributed by atoms with van der Waals surface area (Å²) in [6.07, 6.45) is 1.02. The molecule has 0 fully saturated rings. The Balaban J connectivity index is 4.46. The van der Waals surface area contributed by atoms with Crippen LogP contribution in [-0.4, -0.2) is 52.1 Å². The zero-order valence-electron chi connectivity index (χ0n) is 15.6. The predicted molar refractivity (Wildman–Crippen MR) is 88.0 cm³/mol. The third-order valence-electron chi connectivity index (χ3n) is 4.14. The number of rotatable bonds is 12. The van der Waals surface area contributed by atoms with Crippen LogP contribution in [0.1, 0.15) is 47.5 Å². The number of hydrogen-bond donors (Lipinski definition) is 1. The van der Waals surface area contributed by atoms with E-state index in [4.69, 9.17) is 14.2 Å². The van der Waals surface area contributed by atoms with Crippen LogP contribution in [0.25, 0.3) is 0 Å². The first-order chi connectivity index (χ1) is 10.8. The normalized spacial score (nSPS) is 13.0. The van der Waals surface area contributed by atoms with Gasteiger partial charge in [0.05, 0.1) is 24.4 Å². The summed E-state index contributed by atoms with van der Waals surface area (Å²) >= 11 is 0. The van der Waals surface area contributed by atoms with Crippen LogP contribution in [0.15, 0.2) is 0 Å². The summed E-state index contributed by atoms with van der Waals surface area (Å²) in [5, 5.41) is 0. The molecule has 1 N–H and O–H groups in total. The number of nitrogens with one attached hydrogen (secondary N) is 1. The molecule has 23 heavy (non-hydrogen) atoms. The molecule has 0 aliphatic carbocycles. The fraction of sp³-hybridized carbons (Fsp3) is 0.882. The van der Waals surface area contributed by atoms with Gasteiger partial charge < -0.3 is 19.1 Å². The van der Waals surface area contributed by atoms with Crippen molar-refractivity contribution in [3.8, 4) is 0 Å². The first kappa shape index (κ1) is 21.9. The van der Waals surface area contributed by atoms with Gasteiger partial charge in [-0.3, -0.25) is 9.59 Å². The fourth-order valence-corrected chi connectivity index (χ4v) is 2.42. The standard InChI is InChI=1S/C17H33NO5/c1-7-14(15(19)23-13-21-6)12-17(4,5)16(20)22-11-10-18(8-2)9-3/h14H,7-13H2,1-6H3/p+1. The Morgan fingerprint density at radius 3 is 2.17 bits per heavy atom. The quantitative estimate of drug-likeness (QED) is 0.427. The van der Waals surface area contributed by atoms with E-state index in [0.717, 1.165) is 19.6 Å². The molecule has 0 radical (unpaired) electrons. The van der Waals surface area contributed by atoms with Gasteiger partial charge in [-0.1, -0.05) is 6.92 Å². The molecule has 0 aromatic rings. The second kappa shape index (κ2) is 11.4. The molecule has 0 spiro atoms. The Kier molecular flexibility index (Phi) is 10.8. The monoisotopic (exact) mass is 332 g/mol. The average molecular weight is 332 g/mol. The molecule has 6 nitrogen and oxygen atoms in total. The third-order valence-corrected chi connectivity index (χ3v) is 4.14. The average Bonchev–Trinajstić information content (AvgIpc) is 2.54. The Hall–Kier alpha value is -1.14. The van der Waals surface area contributed by atoms with E-state index >= 15 is 0 Å². The molecule has 1 unspecified atom stereocenters. The van der Waals surface area contributed by atoms with Crippen molar-refractivity contribution in [1.29, 1.82) is 0 Å². The van der Waals surface area contributed by atoms with Gasteiger partial charge in [0, 0.05) is 7.11 Å². The number of quaternary nitrogens is 1. The van der Waals surface area contributed by atoms with E-state index in [0.29, 0.717) is 19.4 Å². The molecule has 0 heterocycles. The van der Waals surface area contributed by atoms with E-state index in [-0.39, 0.29) is 24.6 Å². The van der Waals surface area contributed by atoms with Gasteiger partial charge in [0.2, 0.25) is 0 Å². The second-order valence-electron chi connectivity index (χ2n) is 6.41. The van der Waals surface area contributed by atoms with Gasteiger partial charge in [-0.2, -0.15) is 0 Å². The van der Waals surface area contributed by atoms with E-state index in [1.807, 2.05) is 20.8 Å². The van der Waals surface area contributed by atoms with Crippen molar-refractivity contribution in [3.05, 3.63) is 0 Å². The highest BCUT2D eigenvalue weighted by Crippen LogP contribution is 2.29. The van der Waals surface area contributed by atoms with Crippen molar-refractivity contribution in [3.63, 3.8) is 0 Å². The molecular weight excluding hydrogens is 298 g/mol. The highest BCUT2D eigenvalue weighted by molar-refractivity contribution is 5.78. The number of methoxy groups -OCH3 is 1. The minimum atomic E-state index is -0.717. The van der Waals surface area contributed by atoms with Crippen LogP contribution in [-0.2, 0) is 23.8 Å². The molecule has 0 aromatic heterocycles. The zero-order chi connectivity index (χ0) is 17.9. The summed E-state index contributed by atoms with van der Waals surface area (Å²) < 4.78 is 15.2. The lowest BCUT2D eigenvalue weighted by molar-refractivity contribution is -0.896. The topological polar surface area (TPSA) is 66.3 Å². The number of esters is 2. The van der Waals surface area contributed by atoms with Crippen molar-refractivity contribution in [2.75, 3.05) is 40.1 Å². The maximum atomic E-state index is 12.3. The van der Waals surface area contributed by atoms with Crippen molar-refractivity contribution in [1.82, 2.24) is 0 Å². The van der Waals surface area contributed by atoms with Crippen LogP contribution >= 0.6 is 0 Å². The van der Waals surface area contributed by atoms with Gasteiger partial charge in [0.25, 0.3) is 0 Å². The molecule has 6 heteroatoms. The highest BCUT2D eigenvalue weighted by Gasteiger charge is 2.35. The summed E-state index contributed by atoms with van der Waals surface area (Å²) in [5.41, 5.74) is -0.717. The van der Waals surface area contributed by atoms with Crippen molar-refractivity contribution >= 4 is 11.9 Å². The van der Waals surface area contributed by atoms with E-state index in [1.54, 1.807) is 0 Å². The van der Waals surface area contributed by atoms with Crippen molar-refractivity contribution < 1.29 is 28.7 Å². The molecule has 0 aliphatic heterocycles. The molecule has 0 aliphatic rings. The van der Waals surface area contributed by atoms with E-state index in [1.165, 1.54) is 12.0 Å². The van der Waals surface area contributed by atoms with Gasteiger partial charge in [0.1, 0.15) is 13.2 Å². The molecule has 0 saturated carbocycles. The molecule has 1 atom stereocenters. The van der Waals surface area contributed by atoms with Crippen LogP contribution < -0.4 is 4.90 Å². The summed E-state index contributed by atoms with van der Waals surface area (Å²) in [6.45, 7) is 12.9. The van der Waals surface area contributed by atoms with Crippen LogP contribution in [0.5, 0.6) is 0 Å². The van der Waals surface area contributed by atoms with E-state index in [9.17, 15) is 9.59 Å². The lowest BCUT2D eigenvalue weighted by Crippen LogP contribution is -3.11. The first-order valence-electron chi connectivity index (χ1n) is 8.48. The summed E-state index contributed by atoms with van der Waals surface area (Å²) in [6, 6.07) is 0. The molecule has 0 bridgehead atoms. The Labute approximate surface area is 140 Å². The number of carbonyl (C=O) groups excluding carboxylic acids is 2. The smallest absolute Gasteiger partial charge is 0.311 e. The van der Waals surface area contributed by atoms with Crippen molar-refractivity contribution in [2.24, 2.45) is 11.3 Å². The number of likely N-dealkylation sites (N-methyl/N-ethyl adjacent to an activating group) is 1. The van der Waals surface area contributed by atoms with Gasteiger partial charge in [-0.15, -0.1) is 0 Å². The zero-order valence-corrected chi connectivity index (χ0v) is 15.6. The second-order valence-corrected chi connectivity index (χ2v) is 6.41. The molecule has 0 aromatic carbocycles. The van der Waals surface area contributed by atoms with Gasteiger partial charge in [-0.25, -0.2) is 0 Å². The Morgan fingerprint density at radius 1 is 1.09 bits per heavy atom. The van der Waals surface area contributed by atoms with Crippen LogP contribution in [0.2, 0.25) is 0 Å². The minimum absolute atomic E-state index is 0.0626.